The quantitative estimate of drug-likeness (QED) is 0.462. The number of hydrogen-bond acceptors (Lipinski definition) is 3. The summed E-state index contributed by atoms with van der Waals surface area (Å²) in [4.78, 5) is 27.0. The fourth-order valence-electron chi connectivity index (χ4n) is 2.90. The van der Waals surface area contributed by atoms with Gasteiger partial charge < -0.3 is 10.2 Å². The summed E-state index contributed by atoms with van der Waals surface area (Å²) in [6, 6.07) is 9.57. The average Bonchev–Trinajstić information content (AvgIpc) is 2.75. The molecular weight excluding hydrogens is 442 g/mol. The van der Waals surface area contributed by atoms with Crippen LogP contribution in [-0.2, 0) is 21.9 Å². The fourth-order valence-corrected chi connectivity index (χ4v) is 4.15. The smallest absolute Gasteiger partial charge is 0.242 e. The Morgan fingerprint density at radius 1 is 1.16 bits per heavy atom. The summed E-state index contributed by atoms with van der Waals surface area (Å²) in [6.07, 6.45) is 1.80. The molecule has 8 heteroatoms. The van der Waals surface area contributed by atoms with Crippen molar-refractivity contribution in [1.82, 2.24) is 10.2 Å². The lowest BCUT2D eigenvalue weighted by atomic mass is 10.1. The predicted octanol–water partition coefficient (Wildman–Crippen LogP) is 5.19. The van der Waals surface area contributed by atoms with Gasteiger partial charge in [0.05, 0.1) is 5.75 Å². The molecule has 0 fully saturated rings. The molecule has 1 N–H and O–H groups in total. The monoisotopic (exact) mass is 468 g/mol. The Labute approximate surface area is 191 Å². The van der Waals surface area contributed by atoms with E-state index in [9.17, 15) is 18.4 Å². The molecule has 1 atom stereocenters. The van der Waals surface area contributed by atoms with Gasteiger partial charge in [0.25, 0.3) is 0 Å². The zero-order valence-corrected chi connectivity index (χ0v) is 19.2. The molecule has 0 bridgehead atoms. The molecule has 2 aromatic carbocycles. The van der Waals surface area contributed by atoms with Crippen LogP contribution in [0, 0.1) is 11.6 Å². The standard InChI is InChI=1S/C23H27ClF2N2O2S/c1-3-4-12-27-23(30)16(2)28(13-17-8-10-18(25)11-9-17)22(29)15-31-14-19-20(24)6-5-7-21(19)26/h5-11,16H,3-4,12-15H2,1-2H3,(H,27,30). The number of nitrogens with zero attached hydrogens (tertiary/aromatic N) is 1. The molecular formula is C23H27ClF2N2O2S. The van der Waals surface area contributed by atoms with Crippen LogP contribution in [0.2, 0.25) is 5.02 Å². The van der Waals surface area contributed by atoms with Crippen LogP contribution in [0.25, 0.3) is 0 Å². The Bertz CT molecular complexity index is 860. The highest BCUT2D eigenvalue weighted by atomic mass is 35.5. The molecule has 168 valence electrons. The highest BCUT2D eigenvalue weighted by Gasteiger charge is 2.26. The topological polar surface area (TPSA) is 49.4 Å². The molecule has 4 nitrogen and oxygen atoms in total. The Hall–Kier alpha value is -2.12. The molecule has 0 heterocycles. The van der Waals surface area contributed by atoms with E-state index in [1.807, 2.05) is 6.92 Å². The van der Waals surface area contributed by atoms with Crippen molar-refractivity contribution in [2.75, 3.05) is 12.3 Å². The zero-order chi connectivity index (χ0) is 22.8. The van der Waals surface area contributed by atoms with E-state index < -0.39 is 11.9 Å². The van der Waals surface area contributed by atoms with E-state index in [4.69, 9.17) is 11.6 Å². The number of rotatable bonds is 11. The first-order valence-electron chi connectivity index (χ1n) is 10.2. The van der Waals surface area contributed by atoms with Gasteiger partial charge in [-0.3, -0.25) is 9.59 Å². The molecule has 0 saturated carbocycles. The van der Waals surface area contributed by atoms with Gasteiger partial charge in [-0.1, -0.05) is 43.1 Å². The number of unbranched alkanes of at least 4 members (excludes halogenated alkanes) is 1. The van der Waals surface area contributed by atoms with Crippen molar-refractivity contribution in [2.24, 2.45) is 0 Å². The minimum absolute atomic E-state index is 0.0540. The summed E-state index contributed by atoms with van der Waals surface area (Å²) in [5, 5.41) is 3.16. The molecule has 0 saturated heterocycles. The second kappa shape index (κ2) is 12.7. The van der Waals surface area contributed by atoms with Gasteiger partial charge in [-0.15, -0.1) is 11.8 Å². The van der Waals surface area contributed by atoms with Crippen LogP contribution >= 0.6 is 23.4 Å². The molecule has 2 aromatic rings. The normalized spacial score (nSPS) is 11.8. The number of carbonyl (C=O) groups is 2. The van der Waals surface area contributed by atoms with Gasteiger partial charge in [-0.2, -0.15) is 0 Å². The van der Waals surface area contributed by atoms with Gasteiger partial charge in [0.2, 0.25) is 11.8 Å². The van der Waals surface area contributed by atoms with E-state index in [0.29, 0.717) is 22.7 Å². The highest BCUT2D eigenvalue weighted by molar-refractivity contribution is 7.99. The molecule has 2 rings (SSSR count). The predicted molar refractivity (Wildman–Crippen MR) is 122 cm³/mol. The maximum Gasteiger partial charge on any atom is 0.242 e. The van der Waals surface area contributed by atoms with E-state index >= 15 is 0 Å². The van der Waals surface area contributed by atoms with Crippen molar-refractivity contribution < 1.29 is 18.4 Å². The summed E-state index contributed by atoms with van der Waals surface area (Å²) in [5.41, 5.74) is 1.06. The van der Waals surface area contributed by atoms with E-state index in [0.717, 1.165) is 12.8 Å². The van der Waals surface area contributed by atoms with Gasteiger partial charge in [0.15, 0.2) is 0 Å². The summed E-state index contributed by atoms with van der Waals surface area (Å²) >= 11 is 7.28. The lowest BCUT2D eigenvalue weighted by molar-refractivity contribution is -0.138. The van der Waals surface area contributed by atoms with Gasteiger partial charge in [0.1, 0.15) is 17.7 Å². The average molecular weight is 469 g/mol. The molecule has 0 spiro atoms. The molecule has 2 amide bonds. The third kappa shape index (κ3) is 7.82. The first-order valence-corrected chi connectivity index (χ1v) is 11.7. The van der Waals surface area contributed by atoms with Gasteiger partial charge in [-0.05, 0) is 43.2 Å². The van der Waals surface area contributed by atoms with Crippen molar-refractivity contribution in [2.45, 2.75) is 45.0 Å². The lowest BCUT2D eigenvalue weighted by Crippen LogP contribution is -2.48. The third-order valence-corrected chi connectivity index (χ3v) is 6.09. The van der Waals surface area contributed by atoms with Crippen molar-refractivity contribution in [1.29, 1.82) is 0 Å². The number of nitrogens with one attached hydrogen (secondary N) is 1. The third-order valence-electron chi connectivity index (χ3n) is 4.80. The van der Waals surface area contributed by atoms with Crippen molar-refractivity contribution in [3.8, 4) is 0 Å². The first kappa shape index (κ1) is 25.1. The Balaban J connectivity index is 2.07. The minimum Gasteiger partial charge on any atom is -0.354 e. The van der Waals surface area contributed by atoms with E-state index in [1.54, 1.807) is 25.1 Å². The second-order valence-corrected chi connectivity index (χ2v) is 8.55. The lowest BCUT2D eigenvalue weighted by Gasteiger charge is -2.29. The largest absolute Gasteiger partial charge is 0.354 e. The van der Waals surface area contributed by atoms with Crippen molar-refractivity contribution in [3.63, 3.8) is 0 Å². The number of thioether (sulfide) groups is 1. The van der Waals surface area contributed by atoms with Crippen molar-refractivity contribution >= 4 is 35.2 Å². The van der Waals surface area contributed by atoms with Crippen LogP contribution in [0.3, 0.4) is 0 Å². The van der Waals surface area contributed by atoms with Crippen LogP contribution in [-0.4, -0.2) is 35.1 Å². The molecule has 0 aliphatic carbocycles. The maximum atomic E-state index is 14.0. The van der Waals surface area contributed by atoms with E-state index in [2.05, 4.69) is 5.32 Å². The van der Waals surface area contributed by atoms with Crippen LogP contribution in [0.15, 0.2) is 42.5 Å². The SMILES string of the molecule is CCCCNC(=O)C(C)N(Cc1ccc(F)cc1)C(=O)CSCc1c(F)cccc1Cl. The molecule has 31 heavy (non-hydrogen) atoms. The highest BCUT2D eigenvalue weighted by Crippen LogP contribution is 2.24. The van der Waals surface area contributed by atoms with Crippen LogP contribution in [0.4, 0.5) is 8.78 Å². The number of carbonyl (C=O) groups excluding carboxylic acids is 2. The van der Waals surface area contributed by atoms with E-state index in [1.165, 1.54) is 40.9 Å². The summed E-state index contributed by atoms with van der Waals surface area (Å²) < 4.78 is 27.2. The first-order chi connectivity index (χ1) is 14.8. The van der Waals surface area contributed by atoms with Crippen molar-refractivity contribution in [3.05, 3.63) is 70.2 Å². The maximum absolute atomic E-state index is 14.0. The Morgan fingerprint density at radius 2 is 1.87 bits per heavy atom. The zero-order valence-electron chi connectivity index (χ0n) is 17.7. The Morgan fingerprint density at radius 3 is 2.52 bits per heavy atom. The molecule has 0 aliphatic rings. The van der Waals surface area contributed by atoms with Crippen LogP contribution < -0.4 is 5.32 Å². The molecule has 0 aromatic heterocycles. The van der Waals surface area contributed by atoms with Crippen LogP contribution in [0.1, 0.15) is 37.8 Å². The molecule has 0 aliphatic heterocycles. The second-order valence-electron chi connectivity index (χ2n) is 7.16. The van der Waals surface area contributed by atoms with Gasteiger partial charge >= 0.3 is 0 Å². The summed E-state index contributed by atoms with van der Waals surface area (Å²) in [5.74, 6) is -1.01. The van der Waals surface area contributed by atoms with E-state index in [-0.39, 0.29) is 35.7 Å². The number of amides is 2. The number of hydrogen-bond donors (Lipinski definition) is 1. The summed E-state index contributed by atoms with van der Waals surface area (Å²) in [7, 11) is 0. The number of halogens is 3. The van der Waals surface area contributed by atoms with Crippen LogP contribution in [0.5, 0.6) is 0 Å². The fraction of sp³-hybridized carbons (Fsp3) is 0.391. The molecule has 0 radical (unpaired) electrons. The van der Waals surface area contributed by atoms with Gasteiger partial charge in [-0.25, -0.2) is 8.78 Å². The molecule has 1 unspecified atom stereocenters. The van der Waals surface area contributed by atoms with Gasteiger partial charge in [0, 0.05) is 29.4 Å². The number of benzene rings is 2. The Kier molecular flexibility index (Phi) is 10.3. The summed E-state index contributed by atoms with van der Waals surface area (Å²) in [6.45, 7) is 4.40. The minimum atomic E-state index is -0.702.